The van der Waals surface area contributed by atoms with Crippen molar-refractivity contribution in [3.63, 3.8) is 0 Å². The van der Waals surface area contributed by atoms with Crippen LogP contribution in [-0.4, -0.2) is 12.8 Å². The van der Waals surface area contributed by atoms with E-state index in [9.17, 15) is 0 Å². The Kier molecular flexibility index (Phi) is 2.95. The molecule has 1 aromatic carbocycles. The van der Waals surface area contributed by atoms with Crippen molar-refractivity contribution in [1.82, 2.24) is 0 Å². The van der Waals surface area contributed by atoms with Gasteiger partial charge in [0.1, 0.15) is 0 Å². The lowest BCUT2D eigenvalue weighted by molar-refractivity contribution is 0.563. The zero-order chi connectivity index (χ0) is 12.3. The molecule has 0 aromatic heterocycles. The standard InChI is InChI=1S/C13H9N.CHNO/c1-14-11-5-2-9(3-6-11)13-8-10-4-7-12(10)13;2-1-3/h2-8H,1H2;2H. The molecule has 0 bridgehead atoms. The molecule has 17 heavy (non-hydrogen) atoms. The summed E-state index contributed by atoms with van der Waals surface area (Å²) >= 11 is 0. The van der Waals surface area contributed by atoms with Gasteiger partial charge in [-0.3, -0.25) is 4.99 Å². The van der Waals surface area contributed by atoms with Crippen molar-refractivity contribution in [2.75, 3.05) is 0 Å². The minimum absolute atomic E-state index is 0.750. The van der Waals surface area contributed by atoms with Crippen molar-refractivity contribution in [3.8, 4) is 22.3 Å². The third-order valence-corrected chi connectivity index (χ3v) is 2.69. The van der Waals surface area contributed by atoms with Gasteiger partial charge in [-0.25, -0.2) is 10.2 Å². The normalized spacial score (nSPS) is 9.65. The average molecular weight is 222 g/mol. The first-order valence-electron chi connectivity index (χ1n) is 5.05. The lowest BCUT2D eigenvalue weighted by Crippen LogP contribution is -1.95. The van der Waals surface area contributed by atoms with Crippen LogP contribution in [0.2, 0.25) is 0 Å². The van der Waals surface area contributed by atoms with Gasteiger partial charge in [0.05, 0.1) is 5.69 Å². The number of nitrogens with zero attached hydrogens (tertiary/aromatic N) is 1. The predicted molar refractivity (Wildman–Crippen MR) is 68.5 cm³/mol. The summed E-state index contributed by atoms with van der Waals surface area (Å²) in [6, 6.07) is 14.7. The molecule has 1 N–H and O–H groups in total. The second-order valence-electron chi connectivity index (χ2n) is 3.57. The Labute approximate surface area is 99.0 Å². The monoisotopic (exact) mass is 222 g/mol. The Morgan fingerprint density at radius 1 is 1.00 bits per heavy atom. The Balaban J connectivity index is 0.000000329. The van der Waals surface area contributed by atoms with Crippen LogP contribution < -0.4 is 0 Å². The van der Waals surface area contributed by atoms with Gasteiger partial charge >= 0.3 is 0 Å². The van der Waals surface area contributed by atoms with Crippen LogP contribution in [0.25, 0.3) is 22.3 Å². The third kappa shape index (κ3) is 1.92. The number of hydrogen-bond acceptors (Lipinski definition) is 3. The van der Waals surface area contributed by atoms with E-state index in [1.54, 1.807) is 0 Å². The molecule has 2 aliphatic carbocycles. The molecule has 0 heterocycles. The number of nitrogens with one attached hydrogen (secondary N) is 1. The maximum Gasteiger partial charge on any atom is 0.231 e. The quantitative estimate of drug-likeness (QED) is 0.523. The minimum Gasteiger partial charge on any atom is -0.265 e. The molecule has 2 aliphatic rings. The zero-order valence-electron chi connectivity index (χ0n) is 9.10. The van der Waals surface area contributed by atoms with Crippen LogP contribution in [0.15, 0.2) is 47.5 Å². The van der Waals surface area contributed by atoms with Gasteiger partial charge in [-0.1, -0.05) is 24.3 Å². The Morgan fingerprint density at radius 3 is 1.94 bits per heavy atom. The van der Waals surface area contributed by atoms with E-state index in [1.165, 1.54) is 22.3 Å². The van der Waals surface area contributed by atoms with Gasteiger partial charge in [-0.2, -0.15) is 0 Å². The van der Waals surface area contributed by atoms with Gasteiger partial charge in [0.2, 0.25) is 6.08 Å². The largest absolute Gasteiger partial charge is 0.265 e. The van der Waals surface area contributed by atoms with E-state index in [0.717, 1.165) is 11.8 Å². The van der Waals surface area contributed by atoms with E-state index in [1.807, 2.05) is 12.1 Å². The van der Waals surface area contributed by atoms with Crippen molar-refractivity contribution < 1.29 is 4.79 Å². The Hall–Kier alpha value is -2.51. The van der Waals surface area contributed by atoms with Gasteiger partial charge in [0, 0.05) is 0 Å². The molecule has 0 saturated heterocycles. The van der Waals surface area contributed by atoms with E-state index in [4.69, 9.17) is 10.2 Å². The molecule has 0 unspecified atom stereocenters. The molecule has 0 spiro atoms. The first kappa shape index (κ1) is 11.0. The lowest BCUT2D eigenvalue weighted by Gasteiger charge is -2.21. The molecule has 3 nitrogen and oxygen atoms in total. The molecule has 0 amide bonds. The van der Waals surface area contributed by atoms with Gasteiger partial charge in [0.25, 0.3) is 0 Å². The summed E-state index contributed by atoms with van der Waals surface area (Å²) in [5, 5.41) is 5.40. The number of rotatable bonds is 2. The van der Waals surface area contributed by atoms with Gasteiger partial charge in [0.15, 0.2) is 0 Å². The van der Waals surface area contributed by atoms with Crippen molar-refractivity contribution in [2.45, 2.75) is 0 Å². The van der Waals surface area contributed by atoms with Crippen molar-refractivity contribution >= 4 is 18.5 Å². The van der Waals surface area contributed by atoms with Crippen LogP contribution >= 0.6 is 0 Å². The molecule has 3 rings (SSSR count). The smallest absolute Gasteiger partial charge is 0.231 e. The molecule has 0 radical (unpaired) electrons. The minimum atomic E-state index is 0.750. The highest BCUT2D eigenvalue weighted by Crippen LogP contribution is 2.43. The van der Waals surface area contributed by atoms with Crippen LogP contribution in [0.1, 0.15) is 0 Å². The molecular formula is C14H10N2O. The van der Waals surface area contributed by atoms with Crippen LogP contribution in [0.4, 0.5) is 5.69 Å². The van der Waals surface area contributed by atoms with Gasteiger partial charge < -0.3 is 0 Å². The fourth-order valence-electron chi connectivity index (χ4n) is 1.77. The summed E-state index contributed by atoms with van der Waals surface area (Å²) < 4.78 is 0. The fraction of sp³-hybridized carbons (Fsp3) is 0. The molecule has 1 aromatic rings. The third-order valence-electron chi connectivity index (χ3n) is 2.69. The molecule has 0 atom stereocenters. The summed E-state index contributed by atoms with van der Waals surface area (Å²) in [4.78, 5) is 12.2. The second kappa shape index (κ2) is 4.56. The van der Waals surface area contributed by atoms with Crippen molar-refractivity contribution in [2.24, 2.45) is 4.99 Å². The van der Waals surface area contributed by atoms with Crippen LogP contribution in [-0.2, 0) is 4.79 Å². The highest BCUT2D eigenvalue weighted by molar-refractivity contribution is 5.95. The van der Waals surface area contributed by atoms with Crippen LogP contribution in [0.3, 0.4) is 0 Å². The van der Waals surface area contributed by atoms with E-state index < -0.39 is 0 Å². The maximum atomic E-state index is 8.35. The first-order valence-corrected chi connectivity index (χ1v) is 5.05. The number of isocyanates is 1. The maximum absolute atomic E-state index is 8.35. The summed E-state index contributed by atoms with van der Waals surface area (Å²) in [7, 11) is 0. The zero-order valence-corrected chi connectivity index (χ0v) is 9.10. The van der Waals surface area contributed by atoms with Crippen molar-refractivity contribution in [1.29, 1.82) is 5.41 Å². The number of hydrogen-bond donors (Lipinski definition) is 1. The molecule has 0 aliphatic heterocycles. The van der Waals surface area contributed by atoms with Crippen LogP contribution in [0.5, 0.6) is 0 Å². The van der Waals surface area contributed by atoms with E-state index in [2.05, 4.69) is 42.0 Å². The number of fused-ring (bicyclic) bond motifs is 1. The molecular weight excluding hydrogens is 212 g/mol. The SMILES string of the molecule is C=Nc1ccc(-c2cc3ccc2-3)cc1.N=C=O. The topological polar surface area (TPSA) is 53.3 Å². The summed E-state index contributed by atoms with van der Waals surface area (Å²) in [5.41, 5.74) is 6.31. The first-order chi connectivity index (χ1) is 8.30. The molecule has 0 saturated carbocycles. The highest BCUT2D eigenvalue weighted by atomic mass is 16.1. The summed E-state index contributed by atoms with van der Waals surface area (Å²) in [5.74, 6) is 0. The Bertz CT molecular complexity index is 594. The number of benzene rings is 2. The number of aliphatic imine (C=N–C) groups is 1. The predicted octanol–water partition coefficient (Wildman–Crippen LogP) is 3.57. The molecule has 82 valence electrons. The fourth-order valence-corrected chi connectivity index (χ4v) is 1.77. The van der Waals surface area contributed by atoms with Gasteiger partial charge in [-0.15, -0.1) is 0 Å². The van der Waals surface area contributed by atoms with Crippen molar-refractivity contribution in [3.05, 3.63) is 42.5 Å². The van der Waals surface area contributed by atoms with E-state index in [0.29, 0.717) is 0 Å². The van der Waals surface area contributed by atoms with Crippen LogP contribution in [0, 0.1) is 5.41 Å². The Morgan fingerprint density at radius 2 is 1.59 bits per heavy atom. The highest BCUT2D eigenvalue weighted by Gasteiger charge is 2.17. The average Bonchev–Trinajstić information content (AvgIpc) is 2.34. The molecule has 0 fully saturated rings. The van der Waals surface area contributed by atoms with E-state index in [-0.39, 0.29) is 0 Å². The summed E-state index contributed by atoms with van der Waals surface area (Å²) in [6.45, 7) is 3.49. The summed E-state index contributed by atoms with van der Waals surface area (Å²) in [6.07, 6.45) is 0.750. The van der Waals surface area contributed by atoms with Gasteiger partial charge in [-0.05, 0) is 47.2 Å². The molecule has 3 heteroatoms. The second-order valence-corrected chi connectivity index (χ2v) is 3.57. The lowest BCUT2D eigenvalue weighted by atomic mass is 9.83. The van der Waals surface area contributed by atoms with E-state index >= 15 is 0 Å². The number of carbonyl (C=O) groups excluding carboxylic acids is 1.